The average Bonchev–Trinajstić information content (AvgIpc) is 3.12. The largest absolute Gasteiger partial charge is 0.382 e. The predicted octanol–water partition coefficient (Wildman–Crippen LogP) is 3.81. The van der Waals surface area contributed by atoms with E-state index in [1.807, 2.05) is 30.3 Å². The molecule has 31 heavy (non-hydrogen) atoms. The molecule has 0 bridgehead atoms. The Labute approximate surface area is 183 Å². The van der Waals surface area contributed by atoms with Crippen molar-refractivity contribution >= 4 is 17.5 Å². The number of guanidine groups is 1. The second kappa shape index (κ2) is 10.3. The minimum atomic E-state index is 0.358. The number of nitrogens with two attached hydrogens (primary N) is 2. The summed E-state index contributed by atoms with van der Waals surface area (Å²) in [5.41, 5.74) is 17.7. The van der Waals surface area contributed by atoms with E-state index >= 15 is 0 Å². The molecule has 0 aliphatic rings. The van der Waals surface area contributed by atoms with Gasteiger partial charge in [0.25, 0.3) is 0 Å². The Hall–Kier alpha value is -3.79. The third-order valence-corrected chi connectivity index (χ3v) is 5.21. The van der Waals surface area contributed by atoms with Crippen LogP contribution in [0.5, 0.6) is 0 Å². The maximum Gasteiger partial charge on any atom is 0.193 e. The number of anilines is 2. The van der Waals surface area contributed by atoms with Crippen LogP contribution in [0.25, 0.3) is 5.69 Å². The summed E-state index contributed by atoms with van der Waals surface area (Å²) in [6.45, 7) is 4.78. The molecule has 0 unspecified atom stereocenters. The monoisotopic (exact) mass is 415 g/mol. The zero-order chi connectivity index (χ0) is 22.2. The first kappa shape index (κ1) is 21.9. The van der Waals surface area contributed by atoms with Crippen LogP contribution in [0.2, 0.25) is 0 Å². The van der Waals surface area contributed by atoms with Crippen molar-refractivity contribution in [2.24, 2.45) is 10.7 Å². The van der Waals surface area contributed by atoms with Gasteiger partial charge in [0.1, 0.15) is 17.5 Å². The summed E-state index contributed by atoms with van der Waals surface area (Å²) >= 11 is 0. The molecule has 0 fully saturated rings. The number of nitrogen functional groups attached to an aromatic ring is 1. The van der Waals surface area contributed by atoms with Gasteiger partial charge in [-0.2, -0.15) is 10.4 Å². The van der Waals surface area contributed by atoms with Crippen molar-refractivity contribution in [3.05, 3.63) is 70.9 Å². The van der Waals surface area contributed by atoms with Crippen molar-refractivity contribution in [3.63, 3.8) is 0 Å². The Balaban J connectivity index is 1.66. The highest BCUT2D eigenvalue weighted by Gasteiger charge is 2.16. The molecule has 7 heteroatoms. The van der Waals surface area contributed by atoms with E-state index in [0.29, 0.717) is 42.4 Å². The fourth-order valence-corrected chi connectivity index (χ4v) is 3.56. The van der Waals surface area contributed by atoms with Gasteiger partial charge in [-0.05, 0) is 48.9 Å². The maximum atomic E-state index is 9.53. The molecular weight excluding hydrogens is 386 g/mol. The van der Waals surface area contributed by atoms with E-state index in [1.165, 1.54) is 11.1 Å². The molecule has 0 saturated heterocycles. The molecule has 3 aromatic rings. The van der Waals surface area contributed by atoms with Crippen molar-refractivity contribution in [2.75, 3.05) is 17.6 Å². The zero-order valence-electron chi connectivity index (χ0n) is 18.1. The summed E-state index contributed by atoms with van der Waals surface area (Å²) in [7, 11) is 0. The fourth-order valence-electron chi connectivity index (χ4n) is 3.56. The van der Waals surface area contributed by atoms with E-state index in [0.717, 1.165) is 24.2 Å². The van der Waals surface area contributed by atoms with Crippen molar-refractivity contribution in [1.82, 2.24) is 9.78 Å². The summed E-state index contributed by atoms with van der Waals surface area (Å²) in [6.07, 6.45) is 3.14. The van der Waals surface area contributed by atoms with Crippen molar-refractivity contribution in [1.29, 1.82) is 5.26 Å². The highest BCUT2D eigenvalue weighted by Crippen LogP contribution is 2.23. The third kappa shape index (κ3) is 5.04. The van der Waals surface area contributed by atoms with Gasteiger partial charge in [-0.1, -0.05) is 50.2 Å². The van der Waals surface area contributed by atoms with Crippen molar-refractivity contribution < 1.29 is 0 Å². The summed E-state index contributed by atoms with van der Waals surface area (Å²) in [5, 5.41) is 17.4. The molecule has 0 amide bonds. The molecule has 160 valence electrons. The lowest BCUT2D eigenvalue weighted by molar-refractivity contribution is 0.776. The molecule has 1 heterocycles. The third-order valence-electron chi connectivity index (χ3n) is 5.21. The van der Waals surface area contributed by atoms with Crippen molar-refractivity contribution in [2.45, 2.75) is 39.5 Å². The molecule has 0 saturated carbocycles. The molecule has 0 aliphatic carbocycles. The van der Waals surface area contributed by atoms with Gasteiger partial charge in [0, 0.05) is 12.2 Å². The maximum absolute atomic E-state index is 9.53. The van der Waals surface area contributed by atoms with Crippen LogP contribution in [-0.4, -0.2) is 22.3 Å². The minimum absolute atomic E-state index is 0.358. The quantitative estimate of drug-likeness (QED) is 0.294. The fraction of sp³-hybridized carbons (Fsp3) is 0.292. The lowest BCUT2D eigenvalue weighted by atomic mass is 10.0. The summed E-state index contributed by atoms with van der Waals surface area (Å²) in [5.74, 6) is 0.752. The number of nitrogens with zero attached hydrogens (tertiary/aromatic N) is 4. The zero-order valence-corrected chi connectivity index (χ0v) is 18.1. The Kier molecular flexibility index (Phi) is 7.28. The summed E-state index contributed by atoms with van der Waals surface area (Å²) in [6, 6.07) is 18.0. The van der Waals surface area contributed by atoms with E-state index < -0.39 is 0 Å². The molecule has 0 aliphatic heterocycles. The lowest BCUT2D eigenvalue weighted by Gasteiger charge is -2.14. The van der Waals surface area contributed by atoms with Crippen LogP contribution in [0.1, 0.15) is 42.7 Å². The molecule has 3 rings (SSSR count). The Morgan fingerprint density at radius 3 is 2.39 bits per heavy atom. The molecule has 2 aromatic carbocycles. The first-order chi connectivity index (χ1) is 15.1. The number of nitriles is 1. The molecule has 0 atom stereocenters. The number of nitrogens with one attached hydrogen (secondary N) is 1. The molecule has 0 spiro atoms. The molecular formula is C24H29N7. The van der Waals surface area contributed by atoms with Gasteiger partial charge in [0.15, 0.2) is 5.96 Å². The number of aromatic nitrogens is 2. The minimum Gasteiger partial charge on any atom is -0.382 e. The van der Waals surface area contributed by atoms with Crippen LogP contribution < -0.4 is 16.8 Å². The van der Waals surface area contributed by atoms with Crippen LogP contribution >= 0.6 is 0 Å². The van der Waals surface area contributed by atoms with Crippen LogP contribution in [0.3, 0.4) is 0 Å². The van der Waals surface area contributed by atoms with E-state index in [1.54, 1.807) is 4.68 Å². The highest BCUT2D eigenvalue weighted by molar-refractivity contribution is 5.93. The number of hydrogen-bond acceptors (Lipinski definition) is 4. The molecule has 0 radical (unpaired) electrons. The van der Waals surface area contributed by atoms with Crippen molar-refractivity contribution in [3.8, 4) is 11.8 Å². The Morgan fingerprint density at radius 2 is 1.77 bits per heavy atom. The Morgan fingerprint density at radius 1 is 1.10 bits per heavy atom. The van der Waals surface area contributed by atoms with Gasteiger partial charge in [-0.3, -0.25) is 4.99 Å². The first-order valence-electron chi connectivity index (χ1n) is 10.6. The van der Waals surface area contributed by atoms with E-state index in [4.69, 9.17) is 11.5 Å². The summed E-state index contributed by atoms with van der Waals surface area (Å²) < 4.78 is 1.61. The predicted molar refractivity (Wildman–Crippen MR) is 126 cm³/mol. The summed E-state index contributed by atoms with van der Waals surface area (Å²) in [4.78, 5) is 4.46. The lowest BCUT2D eigenvalue weighted by Crippen LogP contribution is -2.24. The van der Waals surface area contributed by atoms with Gasteiger partial charge >= 0.3 is 0 Å². The van der Waals surface area contributed by atoms with E-state index in [-0.39, 0.29) is 0 Å². The number of benzene rings is 2. The number of rotatable bonds is 8. The number of aliphatic imine (C=N–C) groups is 1. The first-order valence-corrected chi connectivity index (χ1v) is 10.6. The number of aryl methyl sites for hydroxylation is 3. The van der Waals surface area contributed by atoms with Gasteiger partial charge in [0.05, 0.1) is 11.4 Å². The van der Waals surface area contributed by atoms with Crippen LogP contribution in [0.4, 0.5) is 11.5 Å². The smallest absolute Gasteiger partial charge is 0.193 e. The Bertz CT molecular complexity index is 1070. The average molecular weight is 416 g/mol. The van der Waals surface area contributed by atoms with E-state index in [2.05, 4.69) is 53.5 Å². The number of para-hydroxylation sites is 2. The second-order valence-corrected chi connectivity index (χ2v) is 7.22. The second-order valence-electron chi connectivity index (χ2n) is 7.22. The van der Waals surface area contributed by atoms with Crippen LogP contribution in [0.15, 0.2) is 53.5 Å². The molecule has 1 aromatic heterocycles. The molecule has 5 N–H and O–H groups in total. The SMILES string of the molecule is CCc1cccc(CC)c1NC(N)=NCCCc1nn(-c2ccccc2)c(N)c1C#N. The topological polar surface area (TPSA) is 118 Å². The van der Waals surface area contributed by atoms with Crippen LogP contribution in [-0.2, 0) is 19.3 Å². The van der Waals surface area contributed by atoms with Gasteiger partial charge in [0.2, 0.25) is 0 Å². The standard InChI is InChI=1S/C24H29N7/c1-3-17-10-8-11-18(4-2)22(17)29-24(27)28-15-9-14-21-20(16-25)23(26)31(30-21)19-12-6-5-7-13-19/h5-8,10-13H,3-4,9,14-15,26H2,1-2H3,(H3,27,28,29). The van der Waals surface area contributed by atoms with Gasteiger partial charge in [-0.15, -0.1) is 0 Å². The normalized spacial score (nSPS) is 11.3. The molecule has 7 nitrogen and oxygen atoms in total. The number of hydrogen-bond donors (Lipinski definition) is 3. The van der Waals surface area contributed by atoms with E-state index in [9.17, 15) is 5.26 Å². The highest BCUT2D eigenvalue weighted by atomic mass is 15.3. The van der Waals surface area contributed by atoms with Crippen LogP contribution in [0, 0.1) is 11.3 Å². The van der Waals surface area contributed by atoms with Gasteiger partial charge in [-0.25, -0.2) is 4.68 Å². The van der Waals surface area contributed by atoms with Gasteiger partial charge < -0.3 is 16.8 Å².